The third kappa shape index (κ3) is 2.91. The first-order valence-corrected chi connectivity index (χ1v) is 7.07. The zero-order valence-electron chi connectivity index (χ0n) is 11.6. The van der Waals surface area contributed by atoms with Gasteiger partial charge in [-0.2, -0.15) is 0 Å². The average Bonchev–Trinajstić information content (AvgIpc) is 2.50. The van der Waals surface area contributed by atoms with Crippen LogP contribution in [0.5, 0.6) is 0 Å². The van der Waals surface area contributed by atoms with E-state index in [4.69, 9.17) is 10.5 Å². The first-order chi connectivity index (χ1) is 10.1. The van der Waals surface area contributed by atoms with Crippen molar-refractivity contribution in [2.45, 2.75) is 25.0 Å². The minimum absolute atomic E-state index is 0.187. The van der Waals surface area contributed by atoms with Gasteiger partial charge in [-0.3, -0.25) is 0 Å². The number of rotatable bonds is 3. The normalized spacial score (nSPS) is 19.0. The summed E-state index contributed by atoms with van der Waals surface area (Å²) in [5, 5.41) is 10.4. The Morgan fingerprint density at radius 3 is 2.95 bits per heavy atom. The van der Waals surface area contributed by atoms with Crippen molar-refractivity contribution in [3.05, 3.63) is 65.0 Å². The fourth-order valence-corrected chi connectivity index (χ4v) is 2.84. The van der Waals surface area contributed by atoms with Crippen LogP contribution in [0.1, 0.15) is 35.3 Å². The number of hydrogen-bond donors (Lipinski definition) is 2. The molecule has 2 atom stereocenters. The van der Waals surface area contributed by atoms with Gasteiger partial charge in [-0.15, -0.1) is 0 Å². The molecular weight excluding hydrogens is 269 g/mol. The number of benzene rings is 2. The van der Waals surface area contributed by atoms with Crippen LogP contribution in [0.25, 0.3) is 0 Å². The zero-order valence-corrected chi connectivity index (χ0v) is 11.6. The number of halogens is 1. The molecule has 2 aromatic carbocycles. The molecule has 1 aliphatic rings. The molecule has 3 rings (SSSR count). The summed E-state index contributed by atoms with van der Waals surface area (Å²) in [5.74, 6) is -0.400. The summed E-state index contributed by atoms with van der Waals surface area (Å²) < 4.78 is 19.1. The fraction of sp³-hybridized carbons (Fsp3) is 0.294. The largest absolute Gasteiger partial charge is 0.398 e. The highest BCUT2D eigenvalue weighted by Gasteiger charge is 2.24. The standard InChI is InChI=1S/C17H18FNO2/c18-12-5-6-15(19)14(9-12)16(20)10-17-13-4-2-1-3-11(13)7-8-21-17/h1-6,9,16-17,20H,7-8,10,19H2. The third-order valence-electron chi connectivity index (χ3n) is 3.94. The zero-order chi connectivity index (χ0) is 14.8. The summed E-state index contributed by atoms with van der Waals surface area (Å²) in [7, 11) is 0. The van der Waals surface area contributed by atoms with Gasteiger partial charge < -0.3 is 15.6 Å². The second kappa shape index (κ2) is 5.84. The molecule has 0 spiro atoms. The van der Waals surface area contributed by atoms with Gasteiger partial charge in [0, 0.05) is 17.7 Å². The van der Waals surface area contributed by atoms with Gasteiger partial charge in [-0.1, -0.05) is 24.3 Å². The highest BCUT2D eigenvalue weighted by Crippen LogP contribution is 2.35. The molecule has 0 radical (unpaired) electrons. The van der Waals surface area contributed by atoms with Crippen LogP contribution < -0.4 is 5.73 Å². The van der Waals surface area contributed by atoms with Gasteiger partial charge in [0.25, 0.3) is 0 Å². The smallest absolute Gasteiger partial charge is 0.123 e. The van der Waals surface area contributed by atoms with Crippen LogP contribution in [-0.4, -0.2) is 11.7 Å². The highest BCUT2D eigenvalue weighted by molar-refractivity contribution is 5.48. The Morgan fingerprint density at radius 2 is 2.10 bits per heavy atom. The van der Waals surface area contributed by atoms with Crippen molar-refractivity contribution >= 4 is 5.69 Å². The van der Waals surface area contributed by atoms with Crippen molar-refractivity contribution in [1.29, 1.82) is 0 Å². The first-order valence-electron chi connectivity index (χ1n) is 7.07. The number of aliphatic hydroxyl groups excluding tert-OH is 1. The van der Waals surface area contributed by atoms with Crippen molar-refractivity contribution in [2.75, 3.05) is 12.3 Å². The second-order valence-electron chi connectivity index (χ2n) is 5.33. The van der Waals surface area contributed by atoms with Crippen LogP contribution in [-0.2, 0) is 11.2 Å². The van der Waals surface area contributed by atoms with Gasteiger partial charge in [-0.05, 0) is 35.7 Å². The Labute approximate surface area is 123 Å². The van der Waals surface area contributed by atoms with Gasteiger partial charge in [0.15, 0.2) is 0 Å². The molecule has 0 aliphatic carbocycles. The highest BCUT2D eigenvalue weighted by atomic mass is 19.1. The van der Waals surface area contributed by atoms with Crippen molar-refractivity contribution < 1.29 is 14.2 Å². The number of nitrogens with two attached hydrogens (primary N) is 1. The minimum Gasteiger partial charge on any atom is -0.398 e. The number of aliphatic hydroxyl groups is 1. The number of hydrogen-bond acceptors (Lipinski definition) is 3. The molecule has 3 N–H and O–H groups in total. The molecule has 1 heterocycles. The molecule has 0 fully saturated rings. The Morgan fingerprint density at radius 1 is 1.29 bits per heavy atom. The Bertz CT molecular complexity index is 644. The molecule has 1 aliphatic heterocycles. The van der Waals surface area contributed by atoms with Gasteiger partial charge in [0.2, 0.25) is 0 Å². The molecule has 2 unspecified atom stereocenters. The van der Waals surface area contributed by atoms with Crippen LogP contribution >= 0.6 is 0 Å². The van der Waals surface area contributed by atoms with E-state index in [1.165, 1.54) is 23.8 Å². The Kier molecular flexibility index (Phi) is 3.90. The van der Waals surface area contributed by atoms with Crippen LogP contribution in [0, 0.1) is 5.82 Å². The number of fused-ring (bicyclic) bond motifs is 1. The molecule has 0 saturated heterocycles. The van der Waals surface area contributed by atoms with E-state index in [-0.39, 0.29) is 6.10 Å². The molecule has 110 valence electrons. The predicted octanol–water partition coefficient (Wildman–Crippen LogP) is 3.15. The molecule has 0 amide bonds. The van der Waals surface area contributed by atoms with Crippen molar-refractivity contribution in [3.8, 4) is 0 Å². The third-order valence-corrected chi connectivity index (χ3v) is 3.94. The van der Waals surface area contributed by atoms with Crippen molar-refractivity contribution in [3.63, 3.8) is 0 Å². The van der Waals surface area contributed by atoms with E-state index in [1.807, 2.05) is 18.2 Å². The van der Waals surface area contributed by atoms with E-state index in [2.05, 4.69) is 6.07 Å². The van der Waals surface area contributed by atoms with E-state index in [0.717, 1.165) is 12.0 Å². The fourth-order valence-electron chi connectivity index (χ4n) is 2.84. The topological polar surface area (TPSA) is 55.5 Å². The van der Waals surface area contributed by atoms with E-state index < -0.39 is 11.9 Å². The molecule has 2 aromatic rings. The van der Waals surface area contributed by atoms with E-state index in [9.17, 15) is 9.50 Å². The molecule has 0 bridgehead atoms. The second-order valence-corrected chi connectivity index (χ2v) is 5.33. The molecule has 4 heteroatoms. The van der Waals surface area contributed by atoms with E-state index >= 15 is 0 Å². The SMILES string of the molecule is Nc1ccc(F)cc1C(O)CC1OCCc2ccccc21. The summed E-state index contributed by atoms with van der Waals surface area (Å²) in [6.45, 7) is 0.632. The van der Waals surface area contributed by atoms with Gasteiger partial charge in [-0.25, -0.2) is 4.39 Å². The summed E-state index contributed by atoms with van der Waals surface area (Å²) >= 11 is 0. The number of anilines is 1. The molecule has 3 nitrogen and oxygen atoms in total. The molecular formula is C17H18FNO2. The lowest BCUT2D eigenvalue weighted by atomic mass is 9.92. The van der Waals surface area contributed by atoms with Gasteiger partial charge in [0.05, 0.1) is 18.8 Å². The monoisotopic (exact) mass is 287 g/mol. The Balaban J connectivity index is 1.82. The van der Waals surface area contributed by atoms with Crippen LogP contribution in [0.15, 0.2) is 42.5 Å². The van der Waals surface area contributed by atoms with Crippen molar-refractivity contribution in [1.82, 2.24) is 0 Å². The lowest BCUT2D eigenvalue weighted by Gasteiger charge is -2.28. The Hall–Kier alpha value is -1.91. The predicted molar refractivity (Wildman–Crippen MR) is 79.2 cm³/mol. The minimum atomic E-state index is -0.850. The van der Waals surface area contributed by atoms with Crippen molar-refractivity contribution in [2.24, 2.45) is 0 Å². The first kappa shape index (κ1) is 14.0. The molecule has 0 saturated carbocycles. The maximum Gasteiger partial charge on any atom is 0.123 e. The van der Waals surface area contributed by atoms with E-state index in [1.54, 1.807) is 0 Å². The summed E-state index contributed by atoms with van der Waals surface area (Å²) in [6, 6.07) is 12.1. The molecule has 21 heavy (non-hydrogen) atoms. The number of ether oxygens (including phenoxy) is 1. The van der Waals surface area contributed by atoms with Crippen LogP contribution in [0.4, 0.5) is 10.1 Å². The summed E-state index contributed by atoms with van der Waals surface area (Å²) in [5.41, 5.74) is 8.98. The maximum absolute atomic E-state index is 13.3. The van der Waals surface area contributed by atoms with Gasteiger partial charge in [0.1, 0.15) is 5.82 Å². The van der Waals surface area contributed by atoms with Gasteiger partial charge >= 0.3 is 0 Å². The molecule has 0 aromatic heterocycles. The summed E-state index contributed by atoms with van der Waals surface area (Å²) in [4.78, 5) is 0. The quantitative estimate of drug-likeness (QED) is 0.853. The maximum atomic E-state index is 13.3. The van der Waals surface area contributed by atoms with Crippen LogP contribution in [0.2, 0.25) is 0 Å². The van der Waals surface area contributed by atoms with E-state index in [0.29, 0.717) is 24.3 Å². The average molecular weight is 287 g/mol. The lowest BCUT2D eigenvalue weighted by Crippen LogP contribution is -2.18. The van der Waals surface area contributed by atoms with Crippen LogP contribution in [0.3, 0.4) is 0 Å². The summed E-state index contributed by atoms with van der Waals surface area (Å²) in [6.07, 6.45) is 0.208. The number of nitrogen functional groups attached to an aromatic ring is 1. The lowest BCUT2D eigenvalue weighted by molar-refractivity contribution is 0.00388.